The van der Waals surface area contributed by atoms with E-state index in [-0.39, 0.29) is 12.5 Å². The minimum absolute atomic E-state index is 0.262. The van der Waals surface area contributed by atoms with Gasteiger partial charge in [-0.15, -0.1) is 11.3 Å². The number of carbonyl (C=O) groups excluding carboxylic acids is 3. The third kappa shape index (κ3) is 5.75. The van der Waals surface area contributed by atoms with Crippen LogP contribution in [0.25, 0.3) is 10.2 Å². The standard InChI is InChI=1S/C27H26N4O5S/c1-4-13-36-27(35)18-9-11-19(12-10-18)29-21(32)14-31-15-28-25-22(26(31)34)17(3)23(37-25)24(33)30-20-8-6-5-7-16(20)2/h5-12,15H,4,13-14H2,1-3H3,(H,29,32)(H,30,33). The largest absolute Gasteiger partial charge is 0.462 e. The number of fused-ring (bicyclic) bond motifs is 1. The maximum absolute atomic E-state index is 13.2. The summed E-state index contributed by atoms with van der Waals surface area (Å²) in [4.78, 5) is 55.8. The highest BCUT2D eigenvalue weighted by atomic mass is 32.1. The first-order valence-corrected chi connectivity index (χ1v) is 12.5. The summed E-state index contributed by atoms with van der Waals surface area (Å²) in [5.41, 5.74) is 2.58. The lowest BCUT2D eigenvalue weighted by atomic mass is 10.2. The molecule has 0 aliphatic rings. The molecule has 0 atom stereocenters. The number of rotatable bonds is 8. The molecule has 2 N–H and O–H groups in total. The Morgan fingerprint density at radius 3 is 2.46 bits per heavy atom. The number of aryl methyl sites for hydroxylation is 2. The predicted molar refractivity (Wildman–Crippen MR) is 143 cm³/mol. The van der Waals surface area contributed by atoms with Crippen LogP contribution in [0.1, 0.15) is 44.5 Å². The fraction of sp³-hybridized carbons (Fsp3) is 0.222. The molecule has 0 unspecified atom stereocenters. The molecule has 0 aliphatic carbocycles. The van der Waals surface area contributed by atoms with Gasteiger partial charge in [0.05, 0.1) is 28.8 Å². The molecule has 37 heavy (non-hydrogen) atoms. The number of esters is 1. The van der Waals surface area contributed by atoms with E-state index in [0.717, 1.165) is 23.3 Å². The molecule has 0 fully saturated rings. The molecule has 2 amide bonds. The highest BCUT2D eigenvalue weighted by molar-refractivity contribution is 7.20. The van der Waals surface area contributed by atoms with Gasteiger partial charge in [0.25, 0.3) is 11.5 Å². The maximum atomic E-state index is 13.2. The first-order valence-electron chi connectivity index (χ1n) is 11.7. The van der Waals surface area contributed by atoms with Gasteiger partial charge in [-0.25, -0.2) is 9.78 Å². The molecule has 0 saturated carbocycles. The molecule has 9 nitrogen and oxygen atoms in total. The van der Waals surface area contributed by atoms with Crippen molar-refractivity contribution in [1.82, 2.24) is 9.55 Å². The number of nitrogens with zero attached hydrogens (tertiary/aromatic N) is 2. The van der Waals surface area contributed by atoms with Crippen LogP contribution in [0.3, 0.4) is 0 Å². The molecule has 0 spiro atoms. The lowest BCUT2D eigenvalue weighted by Gasteiger charge is -2.08. The first-order chi connectivity index (χ1) is 17.8. The van der Waals surface area contributed by atoms with Crippen molar-refractivity contribution in [3.8, 4) is 0 Å². The van der Waals surface area contributed by atoms with Gasteiger partial charge in [-0.1, -0.05) is 25.1 Å². The number of thiophene rings is 1. The van der Waals surface area contributed by atoms with Gasteiger partial charge in [-0.05, 0) is 61.7 Å². The minimum atomic E-state index is -0.435. The number of carbonyl (C=O) groups is 3. The minimum Gasteiger partial charge on any atom is -0.462 e. The molecule has 4 aromatic rings. The molecule has 2 aromatic carbocycles. The summed E-state index contributed by atoms with van der Waals surface area (Å²) in [7, 11) is 0. The van der Waals surface area contributed by atoms with E-state index in [1.807, 2.05) is 38.1 Å². The molecule has 2 heterocycles. The average Bonchev–Trinajstić information content (AvgIpc) is 3.23. The van der Waals surface area contributed by atoms with Gasteiger partial charge in [0.2, 0.25) is 5.91 Å². The number of benzene rings is 2. The number of hydrogen-bond acceptors (Lipinski definition) is 7. The van der Waals surface area contributed by atoms with Gasteiger partial charge in [0.15, 0.2) is 0 Å². The van der Waals surface area contributed by atoms with Crippen molar-refractivity contribution >= 4 is 50.7 Å². The third-order valence-electron chi connectivity index (χ3n) is 5.67. The van der Waals surface area contributed by atoms with E-state index in [2.05, 4.69) is 15.6 Å². The molecule has 0 aliphatic heterocycles. The molecular weight excluding hydrogens is 492 g/mol. The van der Waals surface area contributed by atoms with E-state index in [1.54, 1.807) is 31.2 Å². The first kappa shape index (κ1) is 25.8. The van der Waals surface area contributed by atoms with E-state index in [1.165, 1.54) is 10.9 Å². The lowest BCUT2D eigenvalue weighted by molar-refractivity contribution is -0.116. The Morgan fingerprint density at radius 2 is 1.76 bits per heavy atom. The second kappa shape index (κ2) is 11.2. The summed E-state index contributed by atoms with van der Waals surface area (Å²) in [5.74, 6) is -1.18. The van der Waals surface area contributed by atoms with Crippen molar-refractivity contribution in [1.29, 1.82) is 0 Å². The summed E-state index contributed by atoms with van der Waals surface area (Å²) in [5, 5.41) is 5.90. The van der Waals surface area contributed by atoms with Crippen LogP contribution in [0.4, 0.5) is 11.4 Å². The number of nitrogens with one attached hydrogen (secondary N) is 2. The van der Waals surface area contributed by atoms with E-state index in [4.69, 9.17) is 4.74 Å². The van der Waals surface area contributed by atoms with E-state index in [9.17, 15) is 19.2 Å². The summed E-state index contributed by atoms with van der Waals surface area (Å²) in [6.07, 6.45) is 2.03. The molecule has 0 bridgehead atoms. The van der Waals surface area contributed by atoms with Crippen LogP contribution in [0.5, 0.6) is 0 Å². The average molecular weight is 519 g/mol. The Bertz CT molecular complexity index is 1540. The molecule has 0 saturated heterocycles. The van der Waals surface area contributed by atoms with Gasteiger partial charge < -0.3 is 15.4 Å². The number of ether oxygens (including phenoxy) is 1. The zero-order valence-corrected chi connectivity index (χ0v) is 21.5. The Morgan fingerprint density at radius 1 is 1.03 bits per heavy atom. The van der Waals surface area contributed by atoms with Crippen molar-refractivity contribution < 1.29 is 19.1 Å². The molecule has 10 heteroatoms. The normalized spacial score (nSPS) is 10.8. The number of anilines is 2. The number of amides is 2. The fourth-order valence-electron chi connectivity index (χ4n) is 3.70. The van der Waals surface area contributed by atoms with Gasteiger partial charge in [0.1, 0.15) is 11.4 Å². The number of aromatic nitrogens is 2. The van der Waals surface area contributed by atoms with Crippen molar-refractivity contribution in [2.24, 2.45) is 0 Å². The maximum Gasteiger partial charge on any atom is 0.338 e. The van der Waals surface area contributed by atoms with Crippen molar-refractivity contribution in [2.75, 3.05) is 17.2 Å². The molecular formula is C27H26N4O5S. The van der Waals surface area contributed by atoms with Crippen LogP contribution in [0.2, 0.25) is 0 Å². The predicted octanol–water partition coefficient (Wildman–Crippen LogP) is 4.53. The topological polar surface area (TPSA) is 119 Å². The summed E-state index contributed by atoms with van der Waals surface area (Å²) < 4.78 is 6.30. The van der Waals surface area contributed by atoms with E-state index >= 15 is 0 Å². The Kier molecular flexibility index (Phi) is 7.78. The van der Waals surface area contributed by atoms with Gasteiger partial charge in [-0.3, -0.25) is 19.0 Å². The Hall–Kier alpha value is -4.31. The quantitative estimate of drug-likeness (QED) is 0.331. The number of para-hydroxylation sites is 1. The summed E-state index contributed by atoms with van der Waals surface area (Å²) in [6, 6.07) is 13.7. The van der Waals surface area contributed by atoms with E-state index < -0.39 is 17.4 Å². The SMILES string of the molecule is CCCOC(=O)c1ccc(NC(=O)Cn2cnc3sc(C(=O)Nc4ccccc4C)c(C)c3c2=O)cc1. The fourth-order valence-corrected chi connectivity index (χ4v) is 4.74. The smallest absolute Gasteiger partial charge is 0.338 e. The van der Waals surface area contributed by atoms with Crippen molar-refractivity contribution in [3.63, 3.8) is 0 Å². The lowest BCUT2D eigenvalue weighted by Crippen LogP contribution is -2.28. The second-order valence-electron chi connectivity index (χ2n) is 8.44. The van der Waals surface area contributed by atoms with Crippen LogP contribution >= 0.6 is 11.3 Å². The van der Waals surface area contributed by atoms with Crippen molar-refractivity contribution in [2.45, 2.75) is 33.7 Å². The summed E-state index contributed by atoms with van der Waals surface area (Å²) >= 11 is 1.14. The van der Waals surface area contributed by atoms with Crippen LogP contribution in [0, 0.1) is 13.8 Å². The zero-order valence-electron chi connectivity index (χ0n) is 20.7. The Labute approximate surface area is 217 Å². The van der Waals surface area contributed by atoms with Gasteiger partial charge in [-0.2, -0.15) is 0 Å². The highest BCUT2D eigenvalue weighted by Gasteiger charge is 2.20. The Balaban J connectivity index is 1.48. The van der Waals surface area contributed by atoms with Crippen molar-refractivity contribution in [3.05, 3.63) is 86.8 Å². The van der Waals surface area contributed by atoms with Crippen LogP contribution < -0.4 is 16.2 Å². The molecule has 190 valence electrons. The van der Waals surface area contributed by atoms with Crippen LogP contribution in [0.15, 0.2) is 59.7 Å². The van der Waals surface area contributed by atoms with Crippen LogP contribution in [-0.4, -0.2) is 33.9 Å². The highest BCUT2D eigenvalue weighted by Crippen LogP contribution is 2.28. The van der Waals surface area contributed by atoms with Gasteiger partial charge in [0, 0.05) is 11.4 Å². The summed E-state index contributed by atoms with van der Waals surface area (Å²) in [6.45, 7) is 5.59. The van der Waals surface area contributed by atoms with E-state index in [0.29, 0.717) is 44.2 Å². The van der Waals surface area contributed by atoms with Crippen LogP contribution in [-0.2, 0) is 16.1 Å². The third-order valence-corrected chi connectivity index (χ3v) is 6.87. The monoisotopic (exact) mass is 518 g/mol. The van der Waals surface area contributed by atoms with Gasteiger partial charge >= 0.3 is 5.97 Å². The molecule has 0 radical (unpaired) electrons. The number of hydrogen-bond donors (Lipinski definition) is 2. The second-order valence-corrected chi connectivity index (χ2v) is 9.44. The molecule has 2 aromatic heterocycles. The molecule has 4 rings (SSSR count). The zero-order chi connectivity index (χ0) is 26.5.